The van der Waals surface area contributed by atoms with Crippen LogP contribution < -0.4 is 9.47 Å². The van der Waals surface area contributed by atoms with Crippen LogP contribution in [-0.2, 0) is 23.9 Å². The second-order valence-electron chi connectivity index (χ2n) is 14.7. The van der Waals surface area contributed by atoms with Crippen molar-refractivity contribution in [2.45, 2.75) is 131 Å². The summed E-state index contributed by atoms with van der Waals surface area (Å²) in [5.74, 6) is 1.91. The highest BCUT2D eigenvalue weighted by Crippen LogP contribution is 2.31. The molecule has 48 heavy (non-hydrogen) atoms. The van der Waals surface area contributed by atoms with Crippen molar-refractivity contribution in [3.63, 3.8) is 0 Å². The zero-order valence-corrected chi connectivity index (χ0v) is 32.5. The van der Waals surface area contributed by atoms with E-state index in [-0.39, 0.29) is 10.8 Å². The second-order valence-corrected chi connectivity index (χ2v) is 14.7. The lowest BCUT2D eigenvalue weighted by Gasteiger charge is -2.25. The van der Waals surface area contributed by atoms with Gasteiger partial charge in [0, 0.05) is 26.2 Å². The van der Waals surface area contributed by atoms with Crippen LogP contribution in [0.2, 0.25) is 0 Å². The van der Waals surface area contributed by atoms with Crippen LogP contribution in [0.15, 0.2) is 72.8 Å². The van der Waals surface area contributed by atoms with E-state index in [9.17, 15) is 0 Å². The number of benzene rings is 3. The Labute approximate surface area is 296 Å². The van der Waals surface area contributed by atoms with E-state index in [0.29, 0.717) is 13.2 Å². The van der Waals surface area contributed by atoms with Crippen molar-refractivity contribution in [3.8, 4) is 11.5 Å². The van der Waals surface area contributed by atoms with E-state index in [1.165, 1.54) is 73.6 Å². The van der Waals surface area contributed by atoms with E-state index >= 15 is 0 Å². The van der Waals surface area contributed by atoms with Crippen LogP contribution in [0, 0.1) is 0 Å². The van der Waals surface area contributed by atoms with Crippen LogP contribution in [0.5, 0.6) is 11.5 Å². The van der Waals surface area contributed by atoms with Crippen LogP contribution in [-0.4, -0.2) is 50.2 Å². The van der Waals surface area contributed by atoms with Crippen molar-refractivity contribution in [3.05, 3.63) is 95.1 Å². The average molecular weight is 659 g/mol. The summed E-state index contributed by atoms with van der Waals surface area (Å²) in [6, 6.07) is 26.5. The van der Waals surface area contributed by atoms with Gasteiger partial charge in [-0.15, -0.1) is 0 Å². The largest absolute Gasteiger partial charge is 0.492 e. The fourth-order valence-corrected chi connectivity index (χ4v) is 6.10. The highest BCUT2D eigenvalue weighted by molar-refractivity contribution is 5.32. The number of likely N-dealkylation sites (N-methyl/N-ethyl adjacent to an activating group) is 2. The van der Waals surface area contributed by atoms with Crippen molar-refractivity contribution in [1.82, 2.24) is 9.80 Å². The second kappa shape index (κ2) is 22.0. The maximum atomic E-state index is 6.08. The van der Waals surface area contributed by atoms with Gasteiger partial charge in [-0.1, -0.05) is 142 Å². The molecule has 4 heteroatoms. The summed E-state index contributed by atoms with van der Waals surface area (Å²) in [5.41, 5.74) is 5.87. The minimum absolute atomic E-state index is 0.214. The summed E-state index contributed by atoms with van der Waals surface area (Å²) in [6.45, 7) is 22.9. The van der Waals surface area contributed by atoms with Gasteiger partial charge >= 0.3 is 0 Å². The summed E-state index contributed by atoms with van der Waals surface area (Å²) < 4.78 is 12.2. The van der Waals surface area contributed by atoms with Gasteiger partial charge in [0.05, 0.1) is 0 Å². The lowest BCUT2D eigenvalue weighted by molar-refractivity contribution is 0.231. The zero-order chi connectivity index (χ0) is 35.4. The molecule has 0 radical (unpaired) electrons. The Bertz CT molecular complexity index is 1130. The fraction of sp³-hybridized carbons (Fsp3) is 0.591. The fourth-order valence-electron chi connectivity index (χ4n) is 6.10. The summed E-state index contributed by atoms with van der Waals surface area (Å²) in [6.07, 6.45) is 10.2. The van der Waals surface area contributed by atoms with E-state index in [4.69, 9.17) is 9.47 Å². The van der Waals surface area contributed by atoms with Gasteiger partial charge in [0.2, 0.25) is 0 Å². The molecule has 268 valence electrons. The first-order valence-electron chi connectivity index (χ1n) is 18.9. The van der Waals surface area contributed by atoms with Gasteiger partial charge in [-0.05, 0) is 84.3 Å². The standard InChI is InChI=1S/C42H64N2O2.C2H6/c1-9-11-13-27-41(3,4)37-19-23-39(24-20-37)45-31-29-43(7)33-35-15-17-36(18-16-35)34-44(8)30-32-46-40-25-21-38(22-26-40)42(5,6)28-14-12-10-2;1-2/h15-26H,9-14,27-34H2,1-8H3;1-2H3. The molecule has 0 saturated heterocycles. The first-order chi connectivity index (χ1) is 23.0. The Morgan fingerprint density at radius 3 is 1.15 bits per heavy atom. The van der Waals surface area contributed by atoms with Crippen molar-refractivity contribution in [2.24, 2.45) is 0 Å². The van der Waals surface area contributed by atoms with Crippen LogP contribution in [0.25, 0.3) is 0 Å². The van der Waals surface area contributed by atoms with Crippen LogP contribution in [0.4, 0.5) is 0 Å². The first-order valence-corrected chi connectivity index (χ1v) is 18.9. The highest BCUT2D eigenvalue weighted by atomic mass is 16.5. The molecular formula is C44H70N2O2. The van der Waals surface area contributed by atoms with Crippen LogP contribution >= 0.6 is 0 Å². The first kappa shape index (κ1) is 41.4. The van der Waals surface area contributed by atoms with Gasteiger partial charge in [0.1, 0.15) is 24.7 Å². The Morgan fingerprint density at radius 1 is 0.500 bits per heavy atom. The molecule has 3 aromatic carbocycles. The third-order valence-corrected chi connectivity index (χ3v) is 9.49. The number of hydrogen-bond donors (Lipinski definition) is 0. The maximum absolute atomic E-state index is 6.08. The van der Waals surface area contributed by atoms with Gasteiger partial charge in [-0.3, -0.25) is 9.80 Å². The lowest BCUT2D eigenvalue weighted by Crippen LogP contribution is -2.24. The average Bonchev–Trinajstić information content (AvgIpc) is 3.07. The highest BCUT2D eigenvalue weighted by Gasteiger charge is 2.21. The van der Waals surface area contributed by atoms with E-state index in [0.717, 1.165) is 37.7 Å². The molecule has 0 heterocycles. The Morgan fingerprint density at radius 2 is 0.833 bits per heavy atom. The molecule has 3 aromatic rings. The lowest BCUT2D eigenvalue weighted by atomic mass is 9.80. The Hall–Kier alpha value is -2.82. The smallest absolute Gasteiger partial charge is 0.119 e. The molecule has 0 aliphatic rings. The predicted molar refractivity (Wildman–Crippen MR) is 209 cm³/mol. The molecule has 0 bridgehead atoms. The van der Waals surface area contributed by atoms with Crippen LogP contribution in [0.1, 0.15) is 129 Å². The van der Waals surface area contributed by atoms with Crippen molar-refractivity contribution in [2.75, 3.05) is 40.4 Å². The Kier molecular flexibility index (Phi) is 19.0. The molecule has 3 rings (SSSR count). The molecule has 0 N–H and O–H groups in total. The van der Waals surface area contributed by atoms with Gasteiger partial charge < -0.3 is 9.47 Å². The van der Waals surface area contributed by atoms with Crippen LogP contribution in [0.3, 0.4) is 0 Å². The topological polar surface area (TPSA) is 24.9 Å². The molecule has 0 aliphatic carbocycles. The van der Waals surface area contributed by atoms with Gasteiger partial charge in [0.25, 0.3) is 0 Å². The minimum Gasteiger partial charge on any atom is -0.492 e. The number of unbranched alkanes of at least 4 members (excludes halogenated alkanes) is 4. The molecule has 0 unspecified atom stereocenters. The SMILES string of the molecule is CC.CCCCCC(C)(C)c1ccc(OCCN(C)Cc2ccc(CN(C)CCOc3ccc(C(C)(C)CCCCC)cc3)cc2)cc1. The number of rotatable bonds is 22. The van der Waals surface area contributed by atoms with Crippen molar-refractivity contribution < 1.29 is 9.47 Å². The number of hydrogen-bond acceptors (Lipinski definition) is 4. The normalized spacial score (nSPS) is 11.8. The predicted octanol–water partition coefficient (Wildman–Crippen LogP) is 11.5. The molecule has 0 aliphatic heterocycles. The molecular weight excluding hydrogens is 588 g/mol. The summed E-state index contributed by atoms with van der Waals surface area (Å²) in [7, 11) is 4.32. The van der Waals surface area contributed by atoms with Crippen molar-refractivity contribution in [1.29, 1.82) is 0 Å². The molecule has 0 aromatic heterocycles. The van der Waals surface area contributed by atoms with E-state index < -0.39 is 0 Å². The summed E-state index contributed by atoms with van der Waals surface area (Å²) in [5, 5.41) is 0. The number of nitrogens with zero attached hydrogens (tertiary/aromatic N) is 2. The summed E-state index contributed by atoms with van der Waals surface area (Å²) in [4.78, 5) is 4.65. The van der Waals surface area contributed by atoms with Crippen molar-refractivity contribution >= 4 is 0 Å². The molecule has 0 spiro atoms. The molecule has 0 saturated carbocycles. The third kappa shape index (κ3) is 15.2. The Balaban J connectivity index is 0.00000392. The van der Waals surface area contributed by atoms with E-state index in [2.05, 4.69) is 138 Å². The molecule has 0 fully saturated rings. The monoisotopic (exact) mass is 659 g/mol. The van der Waals surface area contributed by atoms with Gasteiger partial charge in [-0.2, -0.15) is 0 Å². The van der Waals surface area contributed by atoms with E-state index in [1.54, 1.807) is 0 Å². The zero-order valence-electron chi connectivity index (χ0n) is 32.5. The quantitative estimate of drug-likeness (QED) is 0.100. The molecule has 4 nitrogen and oxygen atoms in total. The third-order valence-electron chi connectivity index (χ3n) is 9.49. The molecule has 0 atom stereocenters. The number of ether oxygens (including phenoxy) is 2. The van der Waals surface area contributed by atoms with Gasteiger partial charge in [0.15, 0.2) is 0 Å². The van der Waals surface area contributed by atoms with Gasteiger partial charge in [-0.25, -0.2) is 0 Å². The maximum Gasteiger partial charge on any atom is 0.119 e. The molecule has 0 amide bonds. The van der Waals surface area contributed by atoms with E-state index in [1.807, 2.05) is 13.8 Å². The summed E-state index contributed by atoms with van der Waals surface area (Å²) >= 11 is 0. The minimum atomic E-state index is 0.214.